The van der Waals surface area contributed by atoms with Gasteiger partial charge in [-0.2, -0.15) is 5.10 Å². The van der Waals surface area contributed by atoms with Gasteiger partial charge in [0.05, 0.1) is 48.9 Å². The van der Waals surface area contributed by atoms with Gasteiger partial charge in [-0.3, -0.25) is 19.5 Å². The molecule has 2 aliphatic rings. The number of pyridine rings is 1. The zero-order chi connectivity index (χ0) is 17.6. The minimum atomic E-state index is -0.985. The molecule has 2 amide bonds. The van der Waals surface area contributed by atoms with Crippen LogP contribution >= 0.6 is 0 Å². The smallest absolute Gasteiger partial charge is 0.415 e. The molecule has 2 atom stereocenters. The summed E-state index contributed by atoms with van der Waals surface area (Å²) in [4.78, 5) is 30.8. The van der Waals surface area contributed by atoms with Crippen LogP contribution in [0.4, 0.5) is 15.3 Å². The maximum Gasteiger partial charge on any atom is 0.415 e. The molecule has 0 bridgehead atoms. The summed E-state index contributed by atoms with van der Waals surface area (Å²) in [7, 11) is 0. The van der Waals surface area contributed by atoms with Crippen LogP contribution in [0.2, 0.25) is 0 Å². The Bertz CT molecular complexity index is 821. The van der Waals surface area contributed by atoms with Gasteiger partial charge in [-0.1, -0.05) is 6.07 Å². The molecular weight excluding hydrogens is 326 g/mol. The fourth-order valence-electron chi connectivity index (χ4n) is 3.25. The van der Waals surface area contributed by atoms with Crippen LogP contribution in [0, 0.1) is 0 Å². The van der Waals surface area contributed by atoms with Crippen molar-refractivity contribution in [3.63, 3.8) is 0 Å². The van der Waals surface area contributed by atoms with E-state index < -0.39 is 18.3 Å². The number of ether oxygens (including phenoxy) is 1. The summed E-state index contributed by atoms with van der Waals surface area (Å²) in [6, 6.07) is 5.27. The van der Waals surface area contributed by atoms with Crippen LogP contribution in [0.5, 0.6) is 0 Å². The van der Waals surface area contributed by atoms with Gasteiger partial charge in [0.25, 0.3) is 0 Å². The average molecular weight is 343 g/mol. The first-order chi connectivity index (χ1) is 12.0. The summed E-state index contributed by atoms with van der Waals surface area (Å²) >= 11 is 0. The molecule has 2 aromatic rings. The number of fused-ring (bicyclic) bond motifs is 1. The van der Waals surface area contributed by atoms with Crippen molar-refractivity contribution < 1.29 is 19.4 Å². The molecule has 0 aromatic carbocycles. The van der Waals surface area contributed by atoms with E-state index in [9.17, 15) is 14.7 Å². The Balaban J connectivity index is 1.62. The number of rotatable bonds is 2. The number of hydrogen-bond acceptors (Lipinski definition) is 5. The molecule has 9 heteroatoms. The Labute approximate surface area is 143 Å². The van der Waals surface area contributed by atoms with Crippen molar-refractivity contribution in [2.45, 2.75) is 32.2 Å². The van der Waals surface area contributed by atoms with Crippen LogP contribution in [-0.2, 0) is 17.8 Å². The molecule has 4 rings (SSSR count). The van der Waals surface area contributed by atoms with Gasteiger partial charge in [-0.15, -0.1) is 0 Å². The molecule has 1 fully saturated rings. The van der Waals surface area contributed by atoms with E-state index in [1.54, 1.807) is 23.1 Å². The number of carbonyl (C=O) groups is 2. The molecule has 25 heavy (non-hydrogen) atoms. The zero-order valence-electron chi connectivity index (χ0n) is 13.6. The largest absolute Gasteiger partial charge is 0.465 e. The van der Waals surface area contributed by atoms with Crippen molar-refractivity contribution in [2.75, 3.05) is 11.4 Å². The highest BCUT2D eigenvalue weighted by Crippen LogP contribution is 2.33. The highest BCUT2D eigenvalue weighted by Gasteiger charge is 2.38. The van der Waals surface area contributed by atoms with Gasteiger partial charge in [0.1, 0.15) is 0 Å². The summed E-state index contributed by atoms with van der Waals surface area (Å²) < 4.78 is 7.18. The van der Waals surface area contributed by atoms with Crippen LogP contribution in [0.25, 0.3) is 0 Å². The van der Waals surface area contributed by atoms with Gasteiger partial charge in [0.2, 0.25) is 0 Å². The number of cyclic esters (lactones) is 1. The minimum absolute atomic E-state index is 0.176. The Kier molecular flexibility index (Phi) is 3.56. The van der Waals surface area contributed by atoms with Crippen molar-refractivity contribution in [1.29, 1.82) is 0 Å². The molecule has 2 aliphatic heterocycles. The Hall–Kier alpha value is -3.10. The summed E-state index contributed by atoms with van der Waals surface area (Å²) in [5, 5.41) is 13.7. The van der Waals surface area contributed by atoms with Crippen LogP contribution in [0.1, 0.15) is 24.4 Å². The number of hydrogen-bond donors (Lipinski definition) is 1. The lowest BCUT2D eigenvalue weighted by Gasteiger charge is -2.32. The lowest BCUT2D eigenvalue weighted by Crippen LogP contribution is -2.44. The lowest BCUT2D eigenvalue weighted by atomic mass is 10.2. The van der Waals surface area contributed by atoms with Gasteiger partial charge < -0.3 is 9.84 Å². The third kappa shape index (κ3) is 2.57. The van der Waals surface area contributed by atoms with E-state index in [4.69, 9.17) is 4.74 Å². The molecular formula is C16H17N5O4. The van der Waals surface area contributed by atoms with Gasteiger partial charge in [0.15, 0.2) is 6.10 Å². The number of nitrogens with zero attached hydrogens (tertiary/aromatic N) is 5. The van der Waals surface area contributed by atoms with Crippen molar-refractivity contribution >= 4 is 17.9 Å². The molecule has 1 N–H and O–H groups in total. The third-order valence-electron chi connectivity index (χ3n) is 4.58. The molecule has 130 valence electrons. The number of carboxylic acid groups (broad SMARTS) is 1. The van der Waals surface area contributed by atoms with E-state index in [1.807, 2.05) is 19.1 Å². The Morgan fingerprint density at radius 2 is 2.20 bits per heavy atom. The van der Waals surface area contributed by atoms with E-state index in [0.29, 0.717) is 30.2 Å². The predicted molar refractivity (Wildman–Crippen MR) is 86.1 cm³/mol. The molecule has 4 heterocycles. The zero-order valence-corrected chi connectivity index (χ0v) is 13.6. The second kappa shape index (κ2) is 5.76. The normalized spacial score (nSPS) is 22.7. The average Bonchev–Trinajstić information content (AvgIpc) is 3.17. The number of aromatic nitrogens is 3. The highest BCUT2D eigenvalue weighted by atomic mass is 16.6. The summed E-state index contributed by atoms with van der Waals surface area (Å²) in [6.45, 7) is 2.79. The van der Waals surface area contributed by atoms with E-state index in [2.05, 4.69) is 10.1 Å². The molecule has 2 aromatic heterocycles. The SMILES string of the molecule is C[C@H]1Cn2ncc(N3CC(c4ccccn4)OC3=O)c2CN1C(=O)O. The van der Waals surface area contributed by atoms with Crippen LogP contribution in [-0.4, -0.2) is 49.5 Å². The molecule has 9 nitrogen and oxygen atoms in total. The van der Waals surface area contributed by atoms with Crippen molar-refractivity contribution in [3.05, 3.63) is 42.0 Å². The topological polar surface area (TPSA) is 101 Å². The summed E-state index contributed by atoms with van der Waals surface area (Å²) in [6.07, 6.45) is 1.32. The Morgan fingerprint density at radius 3 is 2.92 bits per heavy atom. The maximum absolute atomic E-state index is 12.3. The molecule has 0 aliphatic carbocycles. The first-order valence-corrected chi connectivity index (χ1v) is 7.98. The van der Waals surface area contributed by atoms with Crippen LogP contribution < -0.4 is 4.90 Å². The first-order valence-electron chi connectivity index (χ1n) is 7.98. The molecule has 0 radical (unpaired) electrons. The van der Waals surface area contributed by atoms with Crippen molar-refractivity contribution in [3.8, 4) is 0 Å². The third-order valence-corrected chi connectivity index (χ3v) is 4.58. The highest BCUT2D eigenvalue weighted by molar-refractivity contribution is 5.90. The standard InChI is InChI=1S/C16H17N5O4/c1-10-7-21-13(8-19(10)15(22)23)12(6-18-21)20-9-14(25-16(20)24)11-4-2-3-5-17-11/h2-6,10,14H,7-9H2,1H3,(H,22,23)/t10-,14?/m0/s1. The Morgan fingerprint density at radius 1 is 1.36 bits per heavy atom. The maximum atomic E-state index is 12.3. The van der Waals surface area contributed by atoms with Gasteiger partial charge in [-0.05, 0) is 19.1 Å². The van der Waals surface area contributed by atoms with E-state index >= 15 is 0 Å². The fraction of sp³-hybridized carbons (Fsp3) is 0.375. The van der Waals surface area contributed by atoms with E-state index in [0.717, 1.165) is 0 Å². The van der Waals surface area contributed by atoms with Crippen molar-refractivity contribution in [2.24, 2.45) is 0 Å². The van der Waals surface area contributed by atoms with Crippen LogP contribution in [0.3, 0.4) is 0 Å². The monoisotopic (exact) mass is 343 g/mol. The summed E-state index contributed by atoms with van der Waals surface area (Å²) in [5.41, 5.74) is 1.96. The number of amides is 2. The van der Waals surface area contributed by atoms with Crippen LogP contribution in [0.15, 0.2) is 30.6 Å². The minimum Gasteiger partial charge on any atom is -0.465 e. The van der Waals surface area contributed by atoms with E-state index in [1.165, 1.54) is 9.80 Å². The predicted octanol–water partition coefficient (Wildman–Crippen LogP) is 1.86. The fourth-order valence-corrected chi connectivity index (χ4v) is 3.25. The van der Waals surface area contributed by atoms with Gasteiger partial charge >= 0.3 is 12.2 Å². The first kappa shape index (κ1) is 15.4. The van der Waals surface area contributed by atoms with Gasteiger partial charge in [-0.25, -0.2) is 9.59 Å². The lowest BCUT2D eigenvalue weighted by molar-refractivity contribution is 0.105. The quantitative estimate of drug-likeness (QED) is 0.893. The molecule has 0 saturated carbocycles. The number of anilines is 1. The molecule has 0 spiro atoms. The second-order valence-electron chi connectivity index (χ2n) is 6.16. The van der Waals surface area contributed by atoms with Crippen molar-refractivity contribution in [1.82, 2.24) is 19.7 Å². The number of carbonyl (C=O) groups excluding carboxylic acids is 1. The van der Waals surface area contributed by atoms with Gasteiger partial charge in [0, 0.05) is 6.20 Å². The summed E-state index contributed by atoms with van der Waals surface area (Å²) in [5.74, 6) is 0. The second-order valence-corrected chi connectivity index (χ2v) is 6.16. The molecule has 1 saturated heterocycles. The van der Waals surface area contributed by atoms with E-state index in [-0.39, 0.29) is 12.6 Å². The molecule has 1 unspecified atom stereocenters.